The number of benzene rings is 1. The first-order chi connectivity index (χ1) is 13.7. The molecule has 9 heteroatoms. The van der Waals surface area contributed by atoms with Crippen molar-refractivity contribution in [2.75, 3.05) is 34.0 Å². The van der Waals surface area contributed by atoms with Crippen molar-refractivity contribution in [3.05, 3.63) is 35.9 Å². The van der Waals surface area contributed by atoms with Crippen LogP contribution in [0.15, 0.2) is 30.3 Å². The molecule has 1 fully saturated rings. The van der Waals surface area contributed by atoms with Crippen LogP contribution in [0.1, 0.15) is 23.2 Å². The molecule has 0 spiro atoms. The summed E-state index contributed by atoms with van der Waals surface area (Å²) in [5, 5.41) is 0. The summed E-state index contributed by atoms with van der Waals surface area (Å²) in [7, 11) is 2.94. The Hall–Kier alpha value is -2.91. The number of hydrogen-bond acceptors (Lipinski definition) is 9. The molecule has 0 atom stereocenters. The summed E-state index contributed by atoms with van der Waals surface area (Å²) in [6.45, 7) is 1.47. The number of methoxy groups -OCH3 is 2. The second kappa shape index (κ2) is 9.86. The first kappa shape index (κ1) is 19.8. The lowest BCUT2D eigenvalue weighted by molar-refractivity contribution is -0.184. The summed E-state index contributed by atoms with van der Waals surface area (Å²) in [5.41, 5.74) is 0.248. The summed E-state index contributed by atoms with van der Waals surface area (Å²) in [4.78, 5) is 20.7. The fraction of sp³-hybridized carbons (Fsp3) is 0.421. The van der Waals surface area contributed by atoms with E-state index in [0.717, 1.165) is 6.42 Å². The van der Waals surface area contributed by atoms with Gasteiger partial charge in [-0.05, 0) is 18.6 Å². The third-order valence-corrected chi connectivity index (χ3v) is 3.87. The highest BCUT2D eigenvalue weighted by atomic mass is 16.7. The second-order valence-electron chi connectivity index (χ2n) is 5.78. The van der Waals surface area contributed by atoms with Crippen molar-refractivity contribution in [1.82, 2.24) is 9.97 Å². The van der Waals surface area contributed by atoms with Crippen LogP contribution in [-0.4, -0.2) is 56.3 Å². The number of nitrogens with zero attached hydrogens (tertiary/aromatic N) is 2. The van der Waals surface area contributed by atoms with Crippen molar-refractivity contribution in [1.29, 1.82) is 0 Å². The maximum atomic E-state index is 12.5. The standard InChI is InChI=1S/C19H22N2O7/c1-23-15-12-16(24-2)21-19(20-15)28-14-7-4-3-6-13(14)18(22)27-11-8-17-25-9-5-10-26-17/h3-4,6-7,12,17H,5,8-11H2,1-2H3. The molecule has 150 valence electrons. The molecule has 0 bridgehead atoms. The minimum atomic E-state index is -0.527. The Kier molecular flexibility index (Phi) is 6.99. The van der Waals surface area contributed by atoms with E-state index in [9.17, 15) is 4.79 Å². The average Bonchev–Trinajstić information content (AvgIpc) is 2.74. The van der Waals surface area contributed by atoms with Gasteiger partial charge in [0.15, 0.2) is 6.29 Å². The molecule has 1 saturated heterocycles. The average molecular weight is 390 g/mol. The van der Waals surface area contributed by atoms with Crippen molar-refractivity contribution >= 4 is 5.97 Å². The van der Waals surface area contributed by atoms with Crippen LogP contribution in [0.3, 0.4) is 0 Å². The van der Waals surface area contributed by atoms with Crippen molar-refractivity contribution in [2.24, 2.45) is 0 Å². The Bertz CT molecular complexity index is 771. The predicted molar refractivity (Wildman–Crippen MR) is 96.9 cm³/mol. The van der Waals surface area contributed by atoms with Gasteiger partial charge in [0, 0.05) is 6.42 Å². The van der Waals surface area contributed by atoms with E-state index in [0.29, 0.717) is 19.6 Å². The first-order valence-electron chi connectivity index (χ1n) is 8.84. The first-order valence-corrected chi connectivity index (χ1v) is 8.84. The predicted octanol–water partition coefficient (Wildman–Crippen LogP) is 2.60. The van der Waals surface area contributed by atoms with E-state index >= 15 is 0 Å². The van der Waals surface area contributed by atoms with Gasteiger partial charge in [-0.15, -0.1) is 0 Å². The molecular formula is C19H22N2O7. The maximum Gasteiger partial charge on any atom is 0.341 e. The highest BCUT2D eigenvalue weighted by Crippen LogP contribution is 2.27. The summed E-state index contributed by atoms with van der Waals surface area (Å²) >= 11 is 0. The van der Waals surface area contributed by atoms with Gasteiger partial charge in [-0.3, -0.25) is 0 Å². The van der Waals surface area contributed by atoms with Gasteiger partial charge in [-0.1, -0.05) is 12.1 Å². The molecule has 9 nitrogen and oxygen atoms in total. The van der Waals surface area contributed by atoms with Crippen LogP contribution in [-0.2, 0) is 14.2 Å². The number of para-hydroxylation sites is 1. The normalized spacial score (nSPS) is 14.4. The fourth-order valence-electron chi connectivity index (χ4n) is 2.49. The van der Waals surface area contributed by atoms with Crippen molar-refractivity contribution in [3.63, 3.8) is 0 Å². The van der Waals surface area contributed by atoms with Crippen molar-refractivity contribution < 1.29 is 33.2 Å². The highest BCUT2D eigenvalue weighted by molar-refractivity contribution is 5.92. The van der Waals surface area contributed by atoms with E-state index in [1.807, 2.05) is 0 Å². The van der Waals surface area contributed by atoms with E-state index < -0.39 is 5.97 Å². The fourth-order valence-corrected chi connectivity index (χ4v) is 2.49. The Labute approximate surface area is 162 Å². The van der Waals surface area contributed by atoms with E-state index in [1.54, 1.807) is 24.3 Å². The van der Waals surface area contributed by atoms with E-state index in [4.69, 9.17) is 28.4 Å². The number of aromatic nitrogens is 2. The second-order valence-corrected chi connectivity index (χ2v) is 5.78. The summed E-state index contributed by atoms with van der Waals surface area (Å²) in [6, 6.07) is 8.17. The molecule has 1 aliphatic heterocycles. The van der Waals surface area contributed by atoms with Crippen LogP contribution >= 0.6 is 0 Å². The number of rotatable bonds is 8. The lowest BCUT2D eigenvalue weighted by atomic mass is 10.2. The van der Waals surface area contributed by atoms with E-state index in [2.05, 4.69) is 9.97 Å². The van der Waals surface area contributed by atoms with Crippen LogP contribution in [0.2, 0.25) is 0 Å². The SMILES string of the molecule is COc1cc(OC)nc(Oc2ccccc2C(=O)OCCC2OCCCO2)n1. The third-order valence-electron chi connectivity index (χ3n) is 3.87. The van der Waals surface area contributed by atoms with E-state index in [1.165, 1.54) is 20.3 Å². The lowest BCUT2D eigenvalue weighted by Crippen LogP contribution is -2.26. The lowest BCUT2D eigenvalue weighted by Gasteiger charge is -2.22. The zero-order valence-electron chi connectivity index (χ0n) is 15.8. The van der Waals surface area contributed by atoms with Gasteiger partial charge in [0.1, 0.15) is 11.3 Å². The Morgan fingerprint density at radius 2 is 1.79 bits per heavy atom. The molecule has 1 aliphatic rings. The number of esters is 1. The summed E-state index contributed by atoms with van der Waals surface area (Å²) in [6.07, 6.45) is 0.994. The molecule has 0 N–H and O–H groups in total. The number of carbonyl (C=O) groups is 1. The molecule has 28 heavy (non-hydrogen) atoms. The smallest absolute Gasteiger partial charge is 0.341 e. The van der Waals surface area contributed by atoms with Gasteiger partial charge < -0.3 is 28.4 Å². The maximum absolute atomic E-state index is 12.5. The molecule has 1 aromatic heterocycles. The van der Waals surface area contributed by atoms with Crippen LogP contribution < -0.4 is 14.2 Å². The van der Waals surface area contributed by atoms with Gasteiger partial charge in [0.2, 0.25) is 11.8 Å². The minimum absolute atomic E-state index is 0.0135. The quantitative estimate of drug-likeness (QED) is 0.630. The molecule has 2 heterocycles. The zero-order chi connectivity index (χ0) is 19.8. The van der Waals surface area contributed by atoms with Gasteiger partial charge in [-0.2, -0.15) is 9.97 Å². The Balaban J connectivity index is 1.66. The largest absolute Gasteiger partial charge is 0.481 e. The van der Waals surface area contributed by atoms with Gasteiger partial charge >= 0.3 is 12.0 Å². The molecule has 0 radical (unpaired) electrons. The molecule has 2 aromatic rings. The third kappa shape index (κ3) is 5.30. The number of carbonyl (C=O) groups excluding carboxylic acids is 1. The van der Waals surface area contributed by atoms with Crippen molar-refractivity contribution in [2.45, 2.75) is 19.1 Å². The molecule has 3 rings (SSSR count). The Morgan fingerprint density at radius 3 is 2.46 bits per heavy atom. The highest BCUT2D eigenvalue weighted by Gasteiger charge is 2.18. The van der Waals surface area contributed by atoms with E-state index in [-0.39, 0.29) is 42.0 Å². The summed E-state index contributed by atoms with van der Waals surface area (Å²) in [5.74, 6) is 0.276. The Morgan fingerprint density at radius 1 is 1.11 bits per heavy atom. The molecule has 0 unspecified atom stereocenters. The van der Waals surface area contributed by atoms with Gasteiger partial charge in [-0.25, -0.2) is 4.79 Å². The minimum Gasteiger partial charge on any atom is -0.481 e. The van der Waals surface area contributed by atoms with Crippen LogP contribution in [0, 0.1) is 0 Å². The van der Waals surface area contributed by atoms with Crippen LogP contribution in [0.4, 0.5) is 0 Å². The molecule has 0 saturated carbocycles. The van der Waals surface area contributed by atoms with Crippen LogP contribution in [0.5, 0.6) is 23.5 Å². The zero-order valence-corrected chi connectivity index (χ0v) is 15.8. The summed E-state index contributed by atoms with van der Waals surface area (Å²) < 4.78 is 32.1. The monoisotopic (exact) mass is 390 g/mol. The molecule has 1 aromatic carbocycles. The van der Waals surface area contributed by atoms with Crippen LogP contribution in [0.25, 0.3) is 0 Å². The molecular weight excluding hydrogens is 368 g/mol. The topological polar surface area (TPSA) is 98.2 Å². The number of ether oxygens (including phenoxy) is 6. The van der Waals surface area contributed by atoms with Crippen molar-refractivity contribution in [3.8, 4) is 23.5 Å². The number of hydrogen-bond donors (Lipinski definition) is 0. The molecule has 0 aliphatic carbocycles. The van der Waals surface area contributed by atoms with Gasteiger partial charge in [0.05, 0.1) is 40.1 Å². The molecule has 0 amide bonds. The van der Waals surface area contributed by atoms with Gasteiger partial charge in [0.25, 0.3) is 0 Å².